The van der Waals surface area contributed by atoms with Crippen LogP contribution in [0.3, 0.4) is 0 Å². The van der Waals surface area contributed by atoms with Gasteiger partial charge in [-0.2, -0.15) is 5.26 Å². The van der Waals surface area contributed by atoms with Gasteiger partial charge < -0.3 is 0 Å². The summed E-state index contributed by atoms with van der Waals surface area (Å²) in [6.07, 6.45) is 4.99. The zero-order valence-corrected chi connectivity index (χ0v) is 7.78. The van der Waals surface area contributed by atoms with Gasteiger partial charge in [-0.1, -0.05) is 0 Å². The topological polar surface area (TPSA) is 52.9 Å². The molecule has 0 bridgehead atoms. The molecule has 1 heterocycles. The van der Waals surface area contributed by atoms with Crippen LogP contribution in [0.4, 0.5) is 0 Å². The Morgan fingerprint density at radius 2 is 2.46 bits per heavy atom. The minimum atomic E-state index is -0.276. The second-order valence-electron chi connectivity index (χ2n) is 2.98. The predicted octanol–water partition coefficient (Wildman–Crippen LogP) is 1.45. The summed E-state index contributed by atoms with van der Waals surface area (Å²) in [5.74, 6) is -0.276. The minimum absolute atomic E-state index is 0.276. The summed E-state index contributed by atoms with van der Waals surface area (Å²) >= 11 is 1.51. The molecule has 0 aromatic carbocycles. The summed E-state index contributed by atoms with van der Waals surface area (Å²) in [7, 11) is 0. The number of aryl methyl sites for hydroxylation is 2. The highest BCUT2D eigenvalue weighted by atomic mass is 32.1. The molecule has 0 fully saturated rings. The fraction of sp³-hybridized carbons (Fsp3) is 0.333. The van der Waals surface area contributed by atoms with Gasteiger partial charge in [-0.3, -0.25) is 10.1 Å². The number of nitrogens with one attached hydrogen (secondary N) is 1. The Labute approximate surface area is 80.0 Å². The van der Waals surface area contributed by atoms with E-state index < -0.39 is 0 Å². The molecule has 0 radical (unpaired) electrons. The molecule has 66 valence electrons. The number of nitriles is 1. The third-order valence-corrected chi connectivity index (χ3v) is 3.38. The fourth-order valence-electron chi connectivity index (χ4n) is 1.55. The van der Waals surface area contributed by atoms with Crippen LogP contribution in [-0.4, -0.2) is 5.91 Å². The molecule has 3 nitrogen and oxygen atoms in total. The zero-order valence-electron chi connectivity index (χ0n) is 6.96. The quantitative estimate of drug-likeness (QED) is 0.541. The molecule has 0 aliphatic heterocycles. The van der Waals surface area contributed by atoms with Crippen LogP contribution in [0.25, 0.3) is 0 Å². The van der Waals surface area contributed by atoms with Gasteiger partial charge in [0.1, 0.15) is 0 Å². The van der Waals surface area contributed by atoms with Crippen molar-refractivity contribution in [2.24, 2.45) is 0 Å². The molecule has 0 unspecified atom stereocenters. The Kier molecular flexibility index (Phi) is 2.03. The van der Waals surface area contributed by atoms with E-state index in [-0.39, 0.29) is 5.91 Å². The van der Waals surface area contributed by atoms with E-state index in [1.807, 2.05) is 6.07 Å². The number of thiophene rings is 1. The van der Waals surface area contributed by atoms with Gasteiger partial charge in [-0.25, -0.2) is 0 Å². The molecule has 1 N–H and O–H groups in total. The molecule has 0 spiro atoms. The van der Waals surface area contributed by atoms with Gasteiger partial charge in [0.25, 0.3) is 5.91 Å². The Morgan fingerprint density at radius 1 is 1.62 bits per heavy atom. The first-order chi connectivity index (χ1) is 6.31. The second-order valence-corrected chi connectivity index (χ2v) is 4.12. The molecule has 0 atom stereocenters. The molecule has 4 heteroatoms. The number of rotatable bonds is 1. The Hall–Kier alpha value is -1.34. The summed E-state index contributed by atoms with van der Waals surface area (Å²) in [6.45, 7) is 0. The zero-order chi connectivity index (χ0) is 9.26. The lowest BCUT2D eigenvalue weighted by Gasteiger charge is -1.90. The van der Waals surface area contributed by atoms with Crippen LogP contribution in [0.1, 0.15) is 26.5 Å². The molecule has 1 aromatic rings. The fourth-order valence-corrected chi connectivity index (χ4v) is 2.70. The maximum absolute atomic E-state index is 11.2. The monoisotopic (exact) mass is 192 g/mol. The van der Waals surface area contributed by atoms with Crippen molar-refractivity contribution in [3.63, 3.8) is 0 Å². The third kappa shape index (κ3) is 1.43. The number of fused-ring (bicyclic) bond motifs is 1. The number of amides is 1. The van der Waals surface area contributed by atoms with E-state index in [1.165, 1.54) is 28.2 Å². The summed E-state index contributed by atoms with van der Waals surface area (Å²) in [5.41, 5.74) is 1.29. The molecular weight excluding hydrogens is 184 g/mol. The van der Waals surface area contributed by atoms with Gasteiger partial charge >= 0.3 is 0 Å². The van der Waals surface area contributed by atoms with E-state index in [9.17, 15) is 4.79 Å². The summed E-state index contributed by atoms with van der Waals surface area (Å²) in [4.78, 5) is 13.2. The largest absolute Gasteiger partial charge is 0.274 e. The maximum Gasteiger partial charge on any atom is 0.274 e. The molecule has 13 heavy (non-hydrogen) atoms. The molecule has 0 saturated carbocycles. The highest BCUT2D eigenvalue weighted by Crippen LogP contribution is 2.30. The van der Waals surface area contributed by atoms with Crippen molar-refractivity contribution >= 4 is 17.2 Å². The second kappa shape index (κ2) is 3.19. The van der Waals surface area contributed by atoms with Gasteiger partial charge in [0.05, 0.1) is 4.88 Å². The van der Waals surface area contributed by atoms with Crippen molar-refractivity contribution in [3.05, 3.63) is 21.4 Å². The van der Waals surface area contributed by atoms with Crippen molar-refractivity contribution in [3.8, 4) is 6.19 Å². The summed E-state index contributed by atoms with van der Waals surface area (Å²) in [5, 5.41) is 10.4. The lowest BCUT2D eigenvalue weighted by molar-refractivity contribution is 0.0977. The average molecular weight is 192 g/mol. The number of nitrogens with zero attached hydrogens (tertiary/aromatic N) is 1. The van der Waals surface area contributed by atoms with Gasteiger partial charge in [0.15, 0.2) is 6.19 Å². The van der Waals surface area contributed by atoms with Gasteiger partial charge in [0.2, 0.25) is 0 Å². The standard InChI is InChI=1S/C9H8N2OS/c10-5-11-9(12)8-4-6-2-1-3-7(6)13-8/h4H,1-3H2,(H,11,12). The van der Waals surface area contributed by atoms with Gasteiger partial charge in [-0.05, 0) is 30.9 Å². The molecule has 1 amide bonds. The Balaban J connectivity index is 2.24. The minimum Gasteiger partial charge on any atom is -0.267 e. The predicted molar refractivity (Wildman–Crippen MR) is 49.4 cm³/mol. The summed E-state index contributed by atoms with van der Waals surface area (Å²) in [6, 6.07) is 1.90. The first kappa shape index (κ1) is 8.27. The van der Waals surface area contributed by atoms with Gasteiger partial charge in [0, 0.05) is 4.88 Å². The van der Waals surface area contributed by atoms with Crippen LogP contribution < -0.4 is 5.32 Å². The molecule has 1 aliphatic rings. The Bertz CT molecular complexity index is 367. The van der Waals surface area contributed by atoms with Crippen LogP contribution in [0.5, 0.6) is 0 Å². The lowest BCUT2D eigenvalue weighted by Crippen LogP contribution is -2.15. The smallest absolute Gasteiger partial charge is 0.267 e. The SMILES string of the molecule is N#CNC(=O)c1cc2c(s1)CCC2. The van der Waals surface area contributed by atoms with E-state index in [2.05, 4.69) is 5.32 Å². The van der Waals surface area contributed by atoms with Crippen LogP contribution in [0.15, 0.2) is 6.07 Å². The highest BCUT2D eigenvalue weighted by Gasteiger charge is 2.17. The Morgan fingerprint density at radius 3 is 3.15 bits per heavy atom. The number of carbonyl (C=O) groups excluding carboxylic acids is 1. The third-order valence-electron chi connectivity index (χ3n) is 2.14. The average Bonchev–Trinajstić information content (AvgIpc) is 2.61. The van der Waals surface area contributed by atoms with Crippen LogP contribution >= 0.6 is 11.3 Å². The lowest BCUT2D eigenvalue weighted by atomic mass is 10.2. The van der Waals surface area contributed by atoms with Crippen LogP contribution in [-0.2, 0) is 12.8 Å². The van der Waals surface area contributed by atoms with E-state index >= 15 is 0 Å². The van der Waals surface area contributed by atoms with E-state index in [0.29, 0.717) is 4.88 Å². The van der Waals surface area contributed by atoms with Crippen molar-refractivity contribution in [1.29, 1.82) is 5.26 Å². The summed E-state index contributed by atoms with van der Waals surface area (Å²) < 4.78 is 0. The van der Waals surface area contributed by atoms with Crippen molar-refractivity contribution < 1.29 is 4.79 Å². The van der Waals surface area contributed by atoms with Crippen molar-refractivity contribution in [1.82, 2.24) is 5.32 Å². The number of hydrogen-bond donors (Lipinski definition) is 1. The van der Waals surface area contributed by atoms with Crippen molar-refractivity contribution in [2.45, 2.75) is 19.3 Å². The van der Waals surface area contributed by atoms with Gasteiger partial charge in [-0.15, -0.1) is 11.3 Å². The first-order valence-electron chi connectivity index (χ1n) is 4.12. The number of hydrogen-bond acceptors (Lipinski definition) is 3. The first-order valence-corrected chi connectivity index (χ1v) is 4.94. The van der Waals surface area contributed by atoms with Crippen LogP contribution in [0, 0.1) is 11.5 Å². The van der Waals surface area contributed by atoms with Crippen LogP contribution in [0.2, 0.25) is 0 Å². The maximum atomic E-state index is 11.2. The highest BCUT2D eigenvalue weighted by molar-refractivity contribution is 7.14. The van der Waals surface area contributed by atoms with E-state index in [4.69, 9.17) is 5.26 Å². The van der Waals surface area contributed by atoms with E-state index in [0.717, 1.165) is 12.8 Å². The number of carbonyl (C=O) groups is 1. The van der Waals surface area contributed by atoms with Crippen molar-refractivity contribution in [2.75, 3.05) is 0 Å². The molecule has 2 rings (SSSR count). The molecule has 0 saturated heterocycles. The molecular formula is C9H8N2OS. The molecule has 1 aromatic heterocycles. The normalized spacial score (nSPS) is 13.5. The molecule has 1 aliphatic carbocycles. The van der Waals surface area contributed by atoms with E-state index in [1.54, 1.807) is 6.19 Å².